The predicted octanol–water partition coefficient (Wildman–Crippen LogP) is 10.5. The molecule has 0 aliphatic heterocycles. The van der Waals surface area contributed by atoms with Crippen LogP contribution in [0.2, 0.25) is 0 Å². The van der Waals surface area contributed by atoms with Gasteiger partial charge in [-0.25, -0.2) is 4.57 Å². The molecule has 0 aromatic carbocycles. The molecule has 0 aliphatic rings. The van der Waals surface area contributed by atoms with Crippen molar-refractivity contribution in [2.24, 2.45) is 5.73 Å². The van der Waals surface area contributed by atoms with Crippen LogP contribution in [0, 0.1) is 0 Å². The van der Waals surface area contributed by atoms with Crippen molar-refractivity contribution < 1.29 is 37.6 Å². The fraction of sp³-hybridized carbons (Fsp3) is 0.946. The second-order valence-corrected chi connectivity index (χ2v) is 14.6. The Morgan fingerprint density at radius 2 is 0.915 bits per heavy atom. The molecule has 0 heterocycles. The number of unbranched alkanes of at least 4 members (excludes halogenated alkanes) is 24. The third-order valence-electron chi connectivity index (χ3n) is 8.49. The minimum absolute atomic E-state index is 0.0576. The molecule has 0 fully saturated rings. The Kier molecular flexibility index (Phi) is 34.1. The van der Waals surface area contributed by atoms with Gasteiger partial charge in [-0.1, -0.05) is 168 Å². The first-order valence-electron chi connectivity index (χ1n) is 19.5. The van der Waals surface area contributed by atoms with Crippen LogP contribution in [0.4, 0.5) is 0 Å². The van der Waals surface area contributed by atoms with Crippen LogP contribution in [0.3, 0.4) is 0 Å². The summed E-state index contributed by atoms with van der Waals surface area (Å²) in [6.45, 7) is 3.72. The molecule has 0 bridgehead atoms. The number of ether oxygens (including phenoxy) is 2. The summed E-state index contributed by atoms with van der Waals surface area (Å²) >= 11 is 0. The van der Waals surface area contributed by atoms with E-state index in [2.05, 4.69) is 13.8 Å². The molecule has 0 aromatic rings. The third kappa shape index (κ3) is 34.7. The molecule has 47 heavy (non-hydrogen) atoms. The van der Waals surface area contributed by atoms with Crippen LogP contribution >= 0.6 is 7.82 Å². The second kappa shape index (κ2) is 34.9. The summed E-state index contributed by atoms with van der Waals surface area (Å²) in [7, 11) is -4.36. The van der Waals surface area contributed by atoms with Crippen molar-refractivity contribution in [1.29, 1.82) is 0 Å². The highest BCUT2D eigenvalue weighted by molar-refractivity contribution is 7.47. The van der Waals surface area contributed by atoms with Crippen LogP contribution in [0.25, 0.3) is 0 Å². The number of phosphoric ester groups is 1. The van der Waals surface area contributed by atoms with Gasteiger partial charge in [-0.3, -0.25) is 18.6 Å². The number of hydrogen-bond donors (Lipinski definition) is 2. The van der Waals surface area contributed by atoms with Gasteiger partial charge < -0.3 is 20.1 Å². The van der Waals surface area contributed by atoms with E-state index in [0.717, 1.165) is 32.1 Å². The molecular formula is C37H74NO8P. The van der Waals surface area contributed by atoms with Gasteiger partial charge in [0, 0.05) is 19.4 Å². The average molecular weight is 692 g/mol. The quantitative estimate of drug-likeness (QED) is 0.0371. The largest absolute Gasteiger partial charge is 0.472 e. The number of esters is 2. The van der Waals surface area contributed by atoms with E-state index >= 15 is 0 Å². The highest BCUT2D eigenvalue weighted by Crippen LogP contribution is 2.43. The lowest BCUT2D eigenvalue weighted by atomic mass is 10.0. The van der Waals surface area contributed by atoms with Gasteiger partial charge in [0.2, 0.25) is 0 Å². The second-order valence-electron chi connectivity index (χ2n) is 13.2. The topological polar surface area (TPSA) is 134 Å². The molecule has 0 rings (SSSR count). The summed E-state index contributed by atoms with van der Waals surface area (Å²) in [5.74, 6) is -0.822. The van der Waals surface area contributed by atoms with E-state index in [1.54, 1.807) is 0 Å². The summed E-state index contributed by atoms with van der Waals surface area (Å²) < 4.78 is 32.6. The minimum Gasteiger partial charge on any atom is -0.462 e. The number of hydrogen-bond acceptors (Lipinski definition) is 8. The molecule has 0 saturated carbocycles. The molecule has 10 heteroatoms. The Morgan fingerprint density at radius 3 is 1.30 bits per heavy atom. The zero-order valence-corrected chi connectivity index (χ0v) is 31.4. The zero-order valence-electron chi connectivity index (χ0n) is 30.5. The Morgan fingerprint density at radius 1 is 0.553 bits per heavy atom. The van der Waals surface area contributed by atoms with E-state index < -0.39 is 26.5 Å². The molecule has 1 unspecified atom stereocenters. The van der Waals surface area contributed by atoms with Gasteiger partial charge in [0.1, 0.15) is 6.61 Å². The first-order valence-corrected chi connectivity index (χ1v) is 21.0. The maximum atomic E-state index is 12.5. The summed E-state index contributed by atoms with van der Waals surface area (Å²) in [6.07, 6.45) is 31.4. The van der Waals surface area contributed by atoms with E-state index in [4.69, 9.17) is 24.3 Å². The molecule has 0 amide bonds. The molecule has 280 valence electrons. The van der Waals surface area contributed by atoms with Gasteiger partial charge >= 0.3 is 19.8 Å². The summed E-state index contributed by atoms with van der Waals surface area (Å²) in [5, 5.41) is 0. The molecule has 3 N–H and O–H groups in total. The van der Waals surface area contributed by atoms with Crippen LogP contribution < -0.4 is 5.73 Å². The van der Waals surface area contributed by atoms with Crippen molar-refractivity contribution in [3.05, 3.63) is 0 Å². The van der Waals surface area contributed by atoms with E-state index in [0.29, 0.717) is 6.42 Å². The molecule has 2 atom stereocenters. The Labute approximate surface area is 288 Å². The molecule has 0 aliphatic carbocycles. The Hall–Kier alpha value is -0.990. The van der Waals surface area contributed by atoms with Gasteiger partial charge in [-0.05, 0) is 12.8 Å². The zero-order chi connectivity index (χ0) is 34.7. The fourth-order valence-electron chi connectivity index (χ4n) is 5.58. The van der Waals surface area contributed by atoms with Crippen molar-refractivity contribution >= 4 is 19.8 Å². The third-order valence-corrected chi connectivity index (χ3v) is 9.48. The average Bonchev–Trinajstić information content (AvgIpc) is 3.05. The molecule has 0 spiro atoms. The number of rotatable bonds is 37. The molecule has 0 aromatic heterocycles. The highest BCUT2D eigenvalue weighted by Gasteiger charge is 2.26. The lowest BCUT2D eigenvalue weighted by molar-refractivity contribution is -0.161. The monoisotopic (exact) mass is 692 g/mol. The van der Waals surface area contributed by atoms with Crippen LogP contribution in [0.15, 0.2) is 0 Å². The maximum Gasteiger partial charge on any atom is 0.472 e. The van der Waals surface area contributed by atoms with Gasteiger partial charge in [0.05, 0.1) is 13.2 Å². The number of carbonyl (C=O) groups excluding carboxylic acids is 2. The highest BCUT2D eigenvalue weighted by atomic mass is 31.2. The molecular weight excluding hydrogens is 617 g/mol. The van der Waals surface area contributed by atoms with Gasteiger partial charge in [0.15, 0.2) is 6.10 Å². The van der Waals surface area contributed by atoms with Crippen LogP contribution in [-0.4, -0.2) is 49.3 Å². The smallest absolute Gasteiger partial charge is 0.462 e. The van der Waals surface area contributed by atoms with E-state index in [-0.39, 0.29) is 38.6 Å². The number of nitrogens with two attached hydrogens (primary N) is 1. The number of carbonyl (C=O) groups is 2. The van der Waals surface area contributed by atoms with E-state index in [9.17, 15) is 19.0 Å². The Balaban J connectivity index is 4.08. The molecule has 0 radical (unpaired) electrons. The summed E-state index contributed by atoms with van der Waals surface area (Å²) in [4.78, 5) is 34.6. The van der Waals surface area contributed by atoms with Gasteiger partial charge in [-0.15, -0.1) is 0 Å². The molecule has 0 saturated heterocycles. The first-order chi connectivity index (χ1) is 22.8. The summed E-state index contributed by atoms with van der Waals surface area (Å²) in [6, 6.07) is 0. The maximum absolute atomic E-state index is 12.5. The van der Waals surface area contributed by atoms with Crippen molar-refractivity contribution in [2.45, 2.75) is 200 Å². The van der Waals surface area contributed by atoms with E-state index in [1.807, 2.05) is 0 Å². The number of phosphoric acid groups is 1. The normalized spacial score (nSPS) is 13.4. The van der Waals surface area contributed by atoms with Crippen LogP contribution in [0.5, 0.6) is 0 Å². The summed E-state index contributed by atoms with van der Waals surface area (Å²) in [5.41, 5.74) is 5.32. The predicted molar refractivity (Wildman–Crippen MR) is 192 cm³/mol. The lowest BCUT2D eigenvalue weighted by Gasteiger charge is -2.19. The van der Waals surface area contributed by atoms with E-state index in [1.165, 1.54) is 128 Å². The SMILES string of the molecule is CCCCCCCCCCCCCCCCCCCCC(=O)O[C@H](COC(=O)CCCCCCCCCC)COP(=O)(O)OCCN. The van der Waals surface area contributed by atoms with Crippen LogP contribution in [-0.2, 0) is 32.7 Å². The fourth-order valence-corrected chi connectivity index (χ4v) is 6.34. The van der Waals surface area contributed by atoms with Crippen LogP contribution in [0.1, 0.15) is 194 Å². The van der Waals surface area contributed by atoms with Gasteiger partial charge in [-0.2, -0.15) is 0 Å². The van der Waals surface area contributed by atoms with Crippen molar-refractivity contribution in [3.63, 3.8) is 0 Å². The van der Waals surface area contributed by atoms with Crippen molar-refractivity contribution in [1.82, 2.24) is 0 Å². The molecule has 9 nitrogen and oxygen atoms in total. The Bertz CT molecular complexity index is 754. The lowest BCUT2D eigenvalue weighted by Crippen LogP contribution is -2.29. The standard InChI is InChI=1S/C37H74NO8P/c1-3-5-7-9-11-13-14-15-16-17-18-19-20-21-22-24-26-28-30-37(40)46-35(34-45-47(41,42)44-32-31-38)33-43-36(39)29-27-25-23-12-10-8-6-4-2/h35H,3-34,38H2,1-2H3,(H,41,42)/t35-/m1/s1. The first kappa shape index (κ1) is 46.0. The van der Waals surface area contributed by atoms with Crippen molar-refractivity contribution in [2.75, 3.05) is 26.4 Å². The minimum atomic E-state index is -4.36. The van der Waals surface area contributed by atoms with Crippen molar-refractivity contribution in [3.8, 4) is 0 Å². The van der Waals surface area contributed by atoms with Gasteiger partial charge in [0.25, 0.3) is 0 Å².